The van der Waals surface area contributed by atoms with Crippen molar-refractivity contribution in [3.8, 4) is 11.3 Å². The number of benzene rings is 2. The van der Waals surface area contributed by atoms with Gasteiger partial charge in [0.05, 0.1) is 17.4 Å². The molecule has 36 heavy (non-hydrogen) atoms. The zero-order chi connectivity index (χ0) is 24.4. The van der Waals surface area contributed by atoms with Crippen LogP contribution in [0.2, 0.25) is 0 Å². The van der Waals surface area contributed by atoms with E-state index in [1.54, 1.807) is 18.3 Å². The van der Waals surface area contributed by atoms with E-state index in [0.717, 1.165) is 58.6 Å². The topological polar surface area (TPSA) is 85.8 Å². The number of hydrogen-bond acceptors (Lipinski definition) is 6. The van der Waals surface area contributed by atoms with Crippen LogP contribution >= 0.6 is 0 Å². The highest BCUT2D eigenvalue weighted by Gasteiger charge is 2.66. The molecule has 2 N–H and O–H groups in total. The van der Waals surface area contributed by atoms with Gasteiger partial charge in [0.2, 0.25) is 0 Å². The fourth-order valence-electron chi connectivity index (χ4n) is 6.35. The standard InChI is InChI=1S/C28H26FN7/c1-35-14-18-12-17(6-7-24(18)34-35)23-8-9-25-27(33-23)31-13-26(32-25)36-11-10-19-21(15-36)28(19,16-30)20-4-2-3-5-22(20)29/h2-9,12-14,19,21H,10-11,15-16,30H2,1H3/t19-,21+,28-/m1/s1. The first-order valence-electron chi connectivity index (χ1n) is 12.3. The van der Waals surface area contributed by atoms with Crippen molar-refractivity contribution in [2.24, 2.45) is 24.6 Å². The van der Waals surface area contributed by atoms with Crippen molar-refractivity contribution >= 4 is 27.9 Å². The molecule has 2 aliphatic rings. The lowest BCUT2D eigenvalue weighted by Crippen LogP contribution is -2.32. The van der Waals surface area contributed by atoms with E-state index in [1.807, 2.05) is 54.3 Å². The fraction of sp³-hybridized carbons (Fsp3) is 0.286. The molecule has 4 heterocycles. The number of aryl methyl sites for hydroxylation is 1. The molecule has 0 bridgehead atoms. The number of fused-ring (bicyclic) bond motifs is 3. The van der Waals surface area contributed by atoms with Gasteiger partial charge in [0, 0.05) is 49.2 Å². The Morgan fingerprint density at radius 1 is 1.06 bits per heavy atom. The van der Waals surface area contributed by atoms with Crippen molar-refractivity contribution in [2.45, 2.75) is 11.8 Å². The van der Waals surface area contributed by atoms with Crippen LogP contribution < -0.4 is 10.6 Å². The molecule has 7 rings (SSSR count). The van der Waals surface area contributed by atoms with E-state index in [2.05, 4.69) is 21.0 Å². The lowest BCUT2D eigenvalue weighted by Gasteiger charge is -2.27. The second-order valence-electron chi connectivity index (χ2n) is 10.0. The molecule has 1 saturated carbocycles. The maximum Gasteiger partial charge on any atom is 0.178 e. The smallest absolute Gasteiger partial charge is 0.178 e. The van der Waals surface area contributed by atoms with Crippen LogP contribution in [-0.2, 0) is 12.5 Å². The van der Waals surface area contributed by atoms with Gasteiger partial charge in [-0.15, -0.1) is 0 Å². The summed E-state index contributed by atoms with van der Waals surface area (Å²) in [6, 6.07) is 17.2. The van der Waals surface area contributed by atoms with E-state index in [1.165, 1.54) is 0 Å². The monoisotopic (exact) mass is 479 g/mol. The number of halogens is 1. The molecule has 3 atom stereocenters. The van der Waals surface area contributed by atoms with Gasteiger partial charge in [-0.25, -0.2) is 19.3 Å². The average Bonchev–Trinajstić information content (AvgIpc) is 3.40. The minimum atomic E-state index is -0.282. The van der Waals surface area contributed by atoms with Gasteiger partial charge in [0.25, 0.3) is 0 Å². The second-order valence-corrected chi connectivity index (χ2v) is 10.0. The van der Waals surface area contributed by atoms with Gasteiger partial charge in [-0.1, -0.05) is 24.3 Å². The van der Waals surface area contributed by atoms with E-state index in [4.69, 9.17) is 15.7 Å². The maximum absolute atomic E-state index is 14.7. The largest absolute Gasteiger partial charge is 0.355 e. The molecule has 0 radical (unpaired) electrons. The molecule has 5 aromatic rings. The predicted molar refractivity (Wildman–Crippen MR) is 138 cm³/mol. The molecular weight excluding hydrogens is 453 g/mol. The highest BCUT2D eigenvalue weighted by Crippen LogP contribution is 2.63. The summed E-state index contributed by atoms with van der Waals surface area (Å²) in [5.41, 5.74) is 10.9. The van der Waals surface area contributed by atoms with Crippen molar-refractivity contribution < 1.29 is 4.39 Å². The van der Waals surface area contributed by atoms with E-state index < -0.39 is 0 Å². The van der Waals surface area contributed by atoms with Crippen LogP contribution in [-0.4, -0.2) is 44.4 Å². The van der Waals surface area contributed by atoms with Gasteiger partial charge >= 0.3 is 0 Å². The highest BCUT2D eigenvalue weighted by atomic mass is 19.1. The average molecular weight is 480 g/mol. The van der Waals surface area contributed by atoms with Crippen molar-refractivity contribution in [1.29, 1.82) is 0 Å². The van der Waals surface area contributed by atoms with Crippen LogP contribution in [0.5, 0.6) is 0 Å². The van der Waals surface area contributed by atoms with Gasteiger partial charge in [-0.05, 0) is 54.2 Å². The molecule has 1 aliphatic heterocycles. The third kappa shape index (κ3) is 3.14. The number of nitrogens with two attached hydrogens (primary N) is 1. The summed E-state index contributed by atoms with van der Waals surface area (Å²) in [7, 11) is 1.92. The molecule has 2 aromatic carbocycles. The van der Waals surface area contributed by atoms with Crippen molar-refractivity contribution in [1.82, 2.24) is 24.7 Å². The molecule has 0 unspecified atom stereocenters. The number of rotatable bonds is 4. The molecule has 2 fully saturated rings. The first-order valence-corrected chi connectivity index (χ1v) is 12.3. The van der Waals surface area contributed by atoms with E-state index in [-0.39, 0.29) is 11.2 Å². The van der Waals surface area contributed by atoms with Gasteiger partial charge in [-0.3, -0.25) is 4.68 Å². The number of aromatic nitrogens is 5. The Morgan fingerprint density at radius 2 is 1.92 bits per heavy atom. The third-order valence-corrected chi connectivity index (χ3v) is 8.17. The Kier molecular flexibility index (Phi) is 4.63. The fourth-order valence-corrected chi connectivity index (χ4v) is 6.35. The van der Waals surface area contributed by atoms with Crippen LogP contribution in [0, 0.1) is 17.7 Å². The summed E-state index contributed by atoms with van der Waals surface area (Å²) < 4.78 is 16.5. The van der Waals surface area contributed by atoms with Crippen LogP contribution in [0.15, 0.2) is 67.0 Å². The van der Waals surface area contributed by atoms with Crippen LogP contribution in [0.4, 0.5) is 10.2 Å². The molecule has 0 amide bonds. The van der Waals surface area contributed by atoms with Crippen molar-refractivity contribution in [3.63, 3.8) is 0 Å². The molecular formula is C28H26FN7. The highest BCUT2D eigenvalue weighted by molar-refractivity contribution is 5.84. The minimum absolute atomic E-state index is 0.154. The molecule has 1 aliphatic carbocycles. The Labute approximate surface area is 207 Å². The van der Waals surface area contributed by atoms with Crippen LogP contribution in [0.1, 0.15) is 12.0 Å². The van der Waals surface area contributed by atoms with Gasteiger partial charge < -0.3 is 10.6 Å². The number of hydrogen-bond donors (Lipinski definition) is 1. The second kappa shape index (κ2) is 7.80. The first kappa shape index (κ1) is 21.4. The molecule has 1 saturated heterocycles. The zero-order valence-electron chi connectivity index (χ0n) is 20.0. The SMILES string of the molecule is Cn1cc2cc(-c3ccc4nc(N5CC[C@@H]6[C@H](C5)[C@@]6(CN)c5ccccc5F)cnc4n3)ccc2n1. The molecule has 8 heteroatoms. The minimum Gasteiger partial charge on any atom is -0.355 e. The van der Waals surface area contributed by atoms with Crippen LogP contribution in [0.25, 0.3) is 33.3 Å². The lowest BCUT2D eigenvalue weighted by molar-refractivity contribution is 0.533. The van der Waals surface area contributed by atoms with Crippen molar-refractivity contribution in [2.75, 3.05) is 24.5 Å². The first-order chi connectivity index (χ1) is 17.6. The number of anilines is 1. The van der Waals surface area contributed by atoms with E-state index >= 15 is 0 Å². The third-order valence-electron chi connectivity index (χ3n) is 8.17. The summed E-state index contributed by atoms with van der Waals surface area (Å²) in [5, 5.41) is 5.51. The molecule has 180 valence electrons. The maximum atomic E-state index is 14.7. The predicted octanol–water partition coefficient (Wildman–Crippen LogP) is 4.07. The molecule has 3 aromatic heterocycles. The van der Waals surface area contributed by atoms with E-state index in [0.29, 0.717) is 24.0 Å². The number of nitrogens with zero attached hydrogens (tertiary/aromatic N) is 6. The summed E-state index contributed by atoms with van der Waals surface area (Å²) >= 11 is 0. The summed E-state index contributed by atoms with van der Waals surface area (Å²) in [6.07, 6.45) is 4.77. The lowest BCUT2D eigenvalue weighted by atomic mass is 9.91. The molecule has 0 spiro atoms. The molecule has 7 nitrogen and oxygen atoms in total. The summed E-state index contributed by atoms with van der Waals surface area (Å²) in [6.45, 7) is 2.11. The Balaban J connectivity index is 1.16. The normalized spacial score (nSPS) is 23.2. The van der Waals surface area contributed by atoms with E-state index in [9.17, 15) is 4.39 Å². The van der Waals surface area contributed by atoms with Gasteiger partial charge in [-0.2, -0.15) is 5.10 Å². The van der Waals surface area contributed by atoms with Crippen LogP contribution in [0.3, 0.4) is 0 Å². The Hall–Kier alpha value is -3.91. The summed E-state index contributed by atoms with van der Waals surface area (Å²) in [4.78, 5) is 16.6. The van der Waals surface area contributed by atoms with Gasteiger partial charge in [0.15, 0.2) is 5.65 Å². The van der Waals surface area contributed by atoms with Gasteiger partial charge in [0.1, 0.15) is 17.2 Å². The quantitative estimate of drug-likeness (QED) is 0.418. The summed E-state index contributed by atoms with van der Waals surface area (Å²) in [5.74, 6) is 1.40. The van der Waals surface area contributed by atoms with Crippen molar-refractivity contribution in [3.05, 3.63) is 78.4 Å². The number of piperidine rings is 1. The Morgan fingerprint density at radius 3 is 2.78 bits per heavy atom. The zero-order valence-corrected chi connectivity index (χ0v) is 20.0. The number of pyridine rings is 1. The Bertz CT molecular complexity index is 1630.